The molecular formula is C18H17ClN4O3. The average molecular weight is 373 g/mol. The van der Waals surface area contributed by atoms with E-state index in [9.17, 15) is 14.4 Å². The maximum absolute atomic E-state index is 12.2. The van der Waals surface area contributed by atoms with Crippen molar-refractivity contribution in [1.82, 2.24) is 5.32 Å². The second-order valence-corrected chi connectivity index (χ2v) is 6.33. The van der Waals surface area contributed by atoms with Crippen LogP contribution in [0.2, 0.25) is 5.02 Å². The van der Waals surface area contributed by atoms with Crippen LogP contribution in [0.3, 0.4) is 0 Å². The second-order valence-electron chi connectivity index (χ2n) is 5.89. The number of hydrogen-bond donors (Lipinski definition) is 3. The predicted octanol–water partition coefficient (Wildman–Crippen LogP) is 2.37. The van der Waals surface area contributed by atoms with Crippen molar-refractivity contribution in [3.63, 3.8) is 0 Å². The van der Waals surface area contributed by atoms with Gasteiger partial charge in [-0.1, -0.05) is 23.7 Å². The summed E-state index contributed by atoms with van der Waals surface area (Å²) in [4.78, 5) is 37.4. The molecule has 0 spiro atoms. The Balaban J connectivity index is 1.63. The number of para-hydroxylation sites is 1. The van der Waals surface area contributed by atoms with Crippen molar-refractivity contribution >= 4 is 40.8 Å². The normalized spacial score (nSPS) is 16.4. The molecule has 0 bridgehead atoms. The Morgan fingerprint density at radius 3 is 2.50 bits per heavy atom. The number of carbonyl (C=O) groups is 3. The van der Waals surface area contributed by atoms with Gasteiger partial charge >= 0.3 is 6.03 Å². The molecule has 134 valence electrons. The molecule has 1 aliphatic heterocycles. The van der Waals surface area contributed by atoms with Crippen molar-refractivity contribution in [1.29, 1.82) is 0 Å². The Hall–Kier alpha value is -3.06. The summed E-state index contributed by atoms with van der Waals surface area (Å²) in [6.45, 7) is 0.353. The number of hydrogen-bond acceptors (Lipinski definition) is 3. The third-order valence-electron chi connectivity index (χ3n) is 4.04. The maximum Gasteiger partial charge on any atom is 0.319 e. The molecule has 26 heavy (non-hydrogen) atoms. The van der Waals surface area contributed by atoms with Crippen molar-refractivity contribution < 1.29 is 14.4 Å². The molecule has 0 radical (unpaired) electrons. The van der Waals surface area contributed by atoms with Crippen LogP contribution in [0, 0.1) is 0 Å². The molecule has 2 aromatic carbocycles. The summed E-state index contributed by atoms with van der Waals surface area (Å²) in [6, 6.07) is 12.5. The fourth-order valence-corrected chi connectivity index (χ4v) is 2.95. The molecule has 2 aromatic rings. The van der Waals surface area contributed by atoms with Gasteiger partial charge in [0.25, 0.3) is 5.91 Å². The number of nitrogens with zero attached hydrogens (tertiary/aromatic N) is 1. The molecule has 1 saturated heterocycles. The van der Waals surface area contributed by atoms with E-state index in [0.717, 1.165) is 5.69 Å². The molecular weight excluding hydrogens is 356 g/mol. The minimum Gasteiger partial charge on any atom is -0.366 e. The molecule has 0 unspecified atom stereocenters. The molecule has 0 aliphatic carbocycles. The van der Waals surface area contributed by atoms with Crippen molar-refractivity contribution in [3.8, 4) is 0 Å². The Bertz CT molecular complexity index is 854. The van der Waals surface area contributed by atoms with Crippen LogP contribution in [0.15, 0.2) is 48.5 Å². The highest BCUT2D eigenvalue weighted by Crippen LogP contribution is 2.23. The molecule has 0 aromatic heterocycles. The fraction of sp³-hybridized carbons (Fsp3) is 0.167. The van der Waals surface area contributed by atoms with Crippen LogP contribution in [0.1, 0.15) is 16.8 Å². The Labute approximate surface area is 155 Å². The van der Waals surface area contributed by atoms with Crippen LogP contribution in [0.5, 0.6) is 0 Å². The van der Waals surface area contributed by atoms with E-state index in [2.05, 4.69) is 10.6 Å². The van der Waals surface area contributed by atoms with E-state index in [-0.39, 0.29) is 23.9 Å². The highest BCUT2D eigenvalue weighted by atomic mass is 35.5. The van der Waals surface area contributed by atoms with Crippen molar-refractivity contribution in [2.75, 3.05) is 16.8 Å². The monoisotopic (exact) mass is 372 g/mol. The van der Waals surface area contributed by atoms with E-state index in [4.69, 9.17) is 17.3 Å². The third-order valence-corrected chi connectivity index (χ3v) is 4.29. The lowest BCUT2D eigenvalue weighted by Gasteiger charge is -2.17. The van der Waals surface area contributed by atoms with Gasteiger partial charge in [0.15, 0.2) is 0 Å². The lowest BCUT2D eigenvalue weighted by Crippen LogP contribution is -2.40. The first-order valence-corrected chi connectivity index (χ1v) is 8.34. The molecule has 1 heterocycles. The number of nitrogens with one attached hydrogen (secondary N) is 2. The van der Waals surface area contributed by atoms with Gasteiger partial charge in [0.2, 0.25) is 5.91 Å². The van der Waals surface area contributed by atoms with Gasteiger partial charge in [0.1, 0.15) is 0 Å². The minimum absolute atomic E-state index is 0.0878. The summed E-state index contributed by atoms with van der Waals surface area (Å²) in [6.07, 6.45) is 0.188. The van der Waals surface area contributed by atoms with E-state index in [1.165, 1.54) is 6.07 Å². The van der Waals surface area contributed by atoms with Crippen LogP contribution in [0.4, 0.5) is 16.2 Å². The minimum atomic E-state index is -0.633. The molecule has 1 aliphatic rings. The first-order valence-electron chi connectivity index (χ1n) is 7.96. The van der Waals surface area contributed by atoms with Crippen LogP contribution < -0.4 is 21.3 Å². The molecule has 1 atom stereocenters. The van der Waals surface area contributed by atoms with Gasteiger partial charge in [-0.3, -0.25) is 9.59 Å². The Kier molecular flexibility index (Phi) is 5.09. The quantitative estimate of drug-likeness (QED) is 0.767. The van der Waals surface area contributed by atoms with E-state index in [1.54, 1.807) is 47.4 Å². The topological polar surface area (TPSA) is 105 Å². The molecule has 0 saturated carbocycles. The maximum atomic E-state index is 12.2. The second kappa shape index (κ2) is 7.45. The van der Waals surface area contributed by atoms with Crippen LogP contribution in [-0.2, 0) is 4.79 Å². The number of anilines is 2. The zero-order valence-corrected chi connectivity index (χ0v) is 14.5. The van der Waals surface area contributed by atoms with Gasteiger partial charge in [-0.15, -0.1) is 0 Å². The summed E-state index contributed by atoms with van der Waals surface area (Å²) in [5, 5.41) is 5.93. The van der Waals surface area contributed by atoms with Gasteiger partial charge in [-0.05, 0) is 36.4 Å². The summed E-state index contributed by atoms with van der Waals surface area (Å²) in [5.74, 6) is -0.721. The van der Waals surface area contributed by atoms with Gasteiger partial charge in [0.05, 0.1) is 17.3 Å². The molecule has 1 fully saturated rings. The number of halogens is 1. The standard InChI is InChI=1S/C18H17ClN4O3/c19-11-5-7-13(8-6-11)23-10-12(9-16(23)24)21-18(26)22-15-4-2-1-3-14(15)17(20)25/h1-8,12H,9-10H2,(H2,20,25)(H2,21,22,26)/t12-/m1/s1. The summed E-state index contributed by atoms with van der Waals surface area (Å²) < 4.78 is 0. The van der Waals surface area contributed by atoms with Crippen molar-refractivity contribution in [2.45, 2.75) is 12.5 Å². The Morgan fingerprint density at radius 1 is 1.12 bits per heavy atom. The zero-order chi connectivity index (χ0) is 18.7. The average Bonchev–Trinajstić information content (AvgIpc) is 2.96. The van der Waals surface area contributed by atoms with E-state index >= 15 is 0 Å². The van der Waals surface area contributed by atoms with Crippen molar-refractivity contribution in [3.05, 3.63) is 59.1 Å². The number of benzene rings is 2. The van der Waals surface area contributed by atoms with E-state index < -0.39 is 11.9 Å². The van der Waals surface area contributed by atoms with Crippen LogP contribution in [0.25, 0.3) is 0 Å². The van der Waals surface area contributed by atoms with Gasteiger partial charge in [-0.25, -0.2) is 4.79 Å². The SMILES string of the molecule is NC(=O)c1ccccc1NC(=O)N[C@@H]1CC(=O)N(c2ccc(Cl)cc2)C1. The van der Waals surface area contributed by atoms with E-state index in [1.807, 2.05) is 0 Å². The summed E-state index contributed by atoms with van der Waals surface area (Å²) in [7, 11) is 0. The lowest BCUT2D eigenvalue weighted by molar-refractivity contribution is -0.117. The predicted molar refractivity (Wildman–Crippen MR) is 99.3 cm³/mol. The van der Waals surface area contributed by atoms with Crippen LogP contribution in [-0.4, -0.2) is 30.4 Å². The smallest absolute Gasteiger partial charge is 0.319 e. The highest BCUT2D eigenvalue weighted by molar-refractivity contribution is 6.30. The summed E-state index contributed by atoms with van der Waals surface area (Å²) >= 11 is 5.86. The Morgan fingerprint density at radius 2 is 1.81 bits per heavy atom. The third kappa shape index (κ3) is 3.94. The lowest BCUT2D eigenvalue weighted by atomic mass is 10.1. The van der Waals surface area contributed by atoms with Crippen LogP contribution >= 0.6 is 11.6 Å². The number of primary amides is 1. The molecule has 3 rings (SSSR count). The first-order chi connectivity index (χ1) is 12.4. The first kappa shape index (κ1) is 17.8. The molecule has 8 heteroatoms. The fourth-order valence-electron chi connectivity index (χ4n) is 2.83. The zero-order valence-electron chi connectivity index (χ0n) is 13.7. The number of rotatable bonds is 4. The van der Waals surface area contributed by atoms with Crippen molar-refractivity contribution in [2.24, 2.45) is 5.73 Å². The molecule has 7 nitrogen and oxygen atoms in total. The number of carbonyl (C=O) groups excluding carboxylic acids is 3. The number of urea groups is 1. The number of amides is 4. The number of nitrogens with two attached hydrogens (primary N) is 1. The highest BCUT2D eigenvalue weighted by Gasteiger charge is 2.31. The van der Waals surface area contributed by atoms with Gasteiger partial charge in [0, 0.05) is 23.7 Å². The van der Waals surface area contributed by atoms with Gasteiger partial charge < -0.3 is 21.3 Å². The van der Waals surface area contributed by atoms with Gasteiger partial charge in [-0.2, -0.15) is 0 Å². The van der Waals surface area contributed by atoms with E-state index in [0.29, 0.717) is 17.3 Å². The molecule has 4 N–H and O–H groups in total. The molecule has 4 amide bonds. The largest absolute Gasteiger partial charge is 0.366 e. The summed E-state index contributed by atoms with van der Waals surface area (Å²) in [5.41, 5.74) is 6.55.